The minimum atomic E-state index is -1.73. The molecule has 62 valence electrons. The van der Waals surface area contributed by atoms with Crippen LogP contribution in [0.1, 0.15) is 2.85 Å². The average Bonchev–Trinajstić information content (AvgIpc) is 1.94. The molecule has 1 rings (SSSR count). The first kappa shape index (κ1) is 8.96. The number of benzene rings is 1. The van der Waals surface area contributed by atoms with Crippen LogP contribution in [0.2, 0.25) is 0 Å². The van der Waals surface area contributed by atoms with Crippen LogP contribution in [-0.4, -0.2) is 17.2 Å². The van der Waals surface area contributed by atoms with Gasteiger partial charge in [-0.05, 0) is 40.8 Å². The van der Waals surface area contributed by atoms with Gasteiger partial charge in [0.25, 0.3) is 0 Å². The fourth-order valence-electron chi connectivity index (χ4n) is 0.712. The van der Waals surface area contributed by atoms with E-state index in [-0.39, 0.29) is 8.32 Å². The van der Waals surface area contributed by atoms with Crippen molar-refractivity contribution in [3.63, 3.8) is 0 Å². The van der Waals surface area contributed by atoms with Gasteiger partial charge >= 0.3 is 7.12 Å². The van der Waals surface area contributed by atoms with E-state index in [0.717, 1.165) is 3.57 Å². The molecule has 0 aliphatic carbocycles. The van der Waals surface area contributed by atoms with E-state index in [1.807, 2.05) is 22.6 Å². The normalized spacial score (nSPS) is 9.82. The highest BCUT2D eigenvalue weighted by atomic mass is 127. The maximum absolute atomic E-state index is 12.7. The van der Waals surface area contributed by atoms with Crippen LogP contribution in [0.15, 0.2) is 18.2 Å². The first-order valence-corrected chi connectivity index (χ1v) is 4.00. The molecule has 1 aromatic carbocycles. The van der Waals surface area contributed by atoms with Crippen molar-refractivity contribution < 1.29 is 17.3 Å². The summed E-state index contributed by atoms with van der Waals surface area (Å²) in [5.74, 6) is -0.597. The standard InChI is InChI=1S/C6H5BFIO2.2H2/c8-6-2-1-4(9)3-5(6)7(10)11;;/h1-3,10-11H;2*1H. The minimum absolute atomic E-state index is 0. The number of hydrogen-bond acceptors (Lipinski definition) is 2. The van der Waals surface area contributed by atoms with Crippen LogP contribution >= 0.6 is 22.6 Å². The smallest absolute Gasteiger partial charge is 0.423 e. The Bertz CT molecular complexity index is 275. The molecular formula is C6H9BFIO2. The molecule has 0 aliphatic rings. The van der Waals surface area contributed by atoms with Crippen LogP contribution in [-0.2, 0) is 0 Å². The van der Waals surface area contributed by atoms with E-state index >= 15 is 0 Å². The lowest BCUT2D eigenvalue weighted by atomic mass is 9.80. The van der Waals surface area contributed by atoms with Crippen LogP contribution in [0.4, 0.5) is 4.39 Å². The summed E-state index contributed by atoms with van der Waals surface area (Å²) in [6.45, 7) is 0. The van der Waals surface area contributed by atoms with E-state index in [1.165, 1.54) is 12.1 Å². The molecule has 0 aliphatic heterocycles. The van der Waals surface area contributed by atoms with Gasteiger partial charge in [-0.3, -0.25) is 0 Å². The van der Waals surface area contributed by atoms with E-state index < -0.39 is 12.9 Å². The lowest BCUT2D eigenvalue weighted by molar-refractivity contribution is 0.423. The molecule has 0 heterocycles. The first-order valence-electron chi connectivity index (χ1n) is 2.92. The lowest BCUT2D eigenvalue weighted by Gasteiger charge is -2.00. The highest BCUT2D eigenvalue weighted by Gasteiger charge is 2.15. The summed E-state index contributed by atoms with van der Waals surface area (Å²) in [4.78, 5) is 0. The Morgan fingerprint density at radius 2 is 2.09 bits per heavy atom. The molecule has 2 N–H and O–H groups in total. The van der Waals surface area contributed by atoms with Gasteiger partial charge in [-0.25, -0.2) is 4.39 Å². The van der Waals surface area contributed by atoms with Gasteiger partial charge in [0, 0.05) is 11.9 Å². The highest BCUT2D eigenvalue weighted by Crippen LogP contribution is 2.03. The maximum Gasteiger partial charge on any atom is 0.491 e. The molecule has 11 heavy (non-hydrogen) atoms. The van der Waals surface area contributed by atoms with E-state index in [2.05, 4.69) is 0 Å². The quantitative estimate of drug-likeness (QED) is 0.579. The third-order valence-electron chi connectivity index (χ3n) is 1.24. The second-order valence-electron chi connectivity index (χ2n) is 2.04. The number of hydrogen-bond donors (Lipinski definition) is 2. The molecule has 0 saturated carbocycles. The SMILES string of the molecule is OB(O)c1cc(I)ccc1F.[HH].[HH]. The summed E-state index contributed by atoms with van der Waals surface area (Å²) in [5.41, 5.74) is -0.0862. The molecular weight excluding hydrogens is 261 g/mol. The van der Waals surface area contributed by atoms with Crippen molar-refractivity contribution in [3.8, 4) is 0 Å². The second-order valence-corrected chi connectivity index (χ2v) is 3.29. The fourth-order valence-corrected chi connectivity index (χ4v) is 1.23. The van der Waals surface area contributed by atoms with Crippen molar-refractivity contribution in [2.45, 2.75) is 0 Å². The van der Waals surface area contributed by atoms with Crippen LogP contribution in [0, 0.1) is 9.39 Å². The maximum atomic E-state index is 12.7. The fraction of sp³-hybridized carbons (Fsp3) is 0. The third kappa shape index (κ3) is 2.15. The summed E-state index contributed by atoms with van der Waals surface area (Å²) in [5, 5.41) is 17.3. The van der Waals surface area contributed by atoms with E-state index in [0.29, 0.717) is 0 Å². The van der Waals surface area contributed by atoms with Crippen molar-refractivity contribution in [1.82, 2.24) is 0 Å². The topological polar surface area (TPSA) is 40.5 Å². The summed E-state index contributed by atoms with van der Waals surface area (Å²) in [7, 11) is -1.73. The molecule has 5 heteroatoms. The van der Waals surface area contributed by atoms with Crippen molar-refractivity contribution in [2.24, 2.45) is 0 Å². The van der Waals surface area contributed by atoms with E-state index in [4.69, 9.17) is 10.0 Å². The Kier molecular flexibility index (Phi) is 2.86. The van der Waals surface area contributed by atoms with Crippen molar-refractivity contribution in [2.75, 3.05) is 0 Å². The average molecular weight is 270 g/mol. The second kappa shape index (κ2) is 3.51. The van der Waals surface area contributed by atoms with Crippen molar-refractivity contribution in [3.05, 3.63) is 27.6 Å². The molecule has 0 unspecified atom stereocenters. The Morgan fingerprint density at radius 3 is 2.55 bits per heavy atom. The monoisotopic (exact) mass is 270 g/mol. The van der Waals surface area contributed by atoms with E-state index in [9.17, 15) is 4.39 Å². The van der Waals surface area contributed by atoms with Gasteiger partial charge in [-0.15, -0.1) is 0 Å². The molecule has 2 nitrogen and oxygen atoms in total. The molecule has 0 fully saturated rings. The van der Waals surface area contributed by atoms with Crippen LogP contribution in [0.3, 0.4) is 0 Å². The predicted octanol–water partition coefficient (Wildman–Crippen LogP) is 0.602. The summed E-state index contributed by atoms with van der Waals surface area (Å²) in [6.07, 6.45) is 0. The Morgan fingerprint density at radius 1 is 1.45 bits per heavy atom. The Hall–Kier alpha value is -0.135. The molecule has 0 radical (unpaired) electrons. The van der Waals surface area contributed by atoms with Gasteiger partial charge in [0.05, 0.1) is 0 Å². The van der Waals surface area contributed by atoms with Gasteiger partial charge < -0.3 is 10.0 Å². The van der Waals surface area contributed by atoms with Crippen molar-refractivity contribution >= 4 is 35.2 Å². The lowest BCUT2D eigenvalue weighted by Crippen LogP contribution is -2.32. The summed E-state index contributed by atoms with van der Waals surface area (Å²) >= 11 is 1.97. The van der Waals surface area contributed by atoms with Crippen LogP contribution in [0.5, 0.6) is 0 Å². The van der Waals surface area contributed by atoms with Gasteiger partial charge in [-0.2, -0.15) is 0 Å². The highest BCUT2D eigenvalue weighted by molar-refractivity contribution is 14.1. The Balaban J connectivity index is 0. The number of rotatable bonds is 1. The zero-order valence-corrected chi connectivity index (χ0v) is 7.62. The molecule has 0 bridgehead atoms. The van der Waals surface area contributed by atoms with Gasteiger partial charge in [0.15, 0.2) is 0 Å². The van der Waals surface area contributed by atoms with Crippen LogP contribution < -0.4 is 5.46 Å². The van der Waals surface area contributed by atoms with Gasteiger partial charge in [-0.1, -0.05) is 0 Å². The molecule has 0 saturated heterocycles. The van der Waals surface area contributed by atoms with Crippen molar-refractivity contribution in [1.29, 1.82) is 0 Å². The van der Waals surface area contributed by atoms with Gasteiger partial charge in [0.2, 0.25) is 0 Å². The zero-order valence-electron chi connectivity index (χ0n) is 5.46. The molecule has 0 aromatic heterocycles. The third-order valence-corrected chi connectivity index (χ3v) is 1.91. The largest absolute Gasteiger partial charge is 0.491 e. The zero-order chi connectivity index (χ0) is 8.43. The van der Waals surface area contributed by atoms with E-state index in [1.54, 1.807) is 6.07 Å². The molecule has 0 spiro atoms. The first-order chi connectivity index (χ1) is 5.11. The molecule has 1 aromatic rings. The molecule has 0 atom stereocenters. The summed E-state index contributed by atoms with van der Waals surface area (Å²) < 4.78 is 13.5. The predicted molar refractivity (Wildman–Crippen MR) is 53.2 cm³/mol. The molecule has 0 amide bonds. The minimum Gasteiger partial charge on any atom is -0.423 e. The van der Waals surface area contributed by atoms with Crippen LogP contribution in [0.25, 0.3) is 0 Å². The van der Waals surface area contributed by atoms with Gasteiger partial charge in [0.1, 0.15) is 5.82 Å². The number of halogens is 2. The summed E-state index contributed by atoms with van der Waals surface area (Å²) in [6, 6.07) is 4.15. The Labute approximate surface area is 80.3 Å².